The van der Waals surface area contributed by atoms with Gasteiger partial charge in [-0.2, -0.15) is 0 Å². The van der Waals surface area contributed by atoms with E-state index in [2.05, 4.69) is 28.9 Å². The SMILES string of the molecule is Cc1sc(Br)cc1C(Cl)C1CCOC1. The summed E-state index contributed by atoms with van der Waals surface area (Å²) in [5, 5.41) is 0.111. The van der Waals surface area contributed by atoms with Gasteiger partial charge in [0, 0.05) is 17.4 Å². The van der Waals surface area contributed by atoms with Gasteiger partial charge in [-0.3, -0.25) is 0 Å². The van der Waals surface area contributed by atoms with Gasteiger partial charge in [-0.05, 0) is 40.9 Å². The summed E-state index contributed by atoms with van der Waals surface area (Å²) in [5.41, 5.74) is 1.26. The lowest BCUT2D eigenvalue weighted by molar-refractivity contribution is 0.185. The predicted molar refractivity (Wildman–Crippen MR) is 64.3 cm³/mol. The minimum absolute atomic E-state index is 0.111. The second-order valence-corrected chi connectivity index (χ2v) is 6.69. The third kappa shape index (κ3) is 2.16. The van der Waals surface area contributed by atoms with Crippen molar-refractivity contribution in [1.29, 1.82) is 0 Å². The van der Waals surface area contributed by atoms with E-state index in [0.29, 0.717) is 5.92 Å². The van der Waals surface area contributed by atoms with Gasteiger partial charge in [0.2, 0.25) is 0 Å². The molecule has 0 bridgehead atoms. The first-order valence-electron chi connectivity index (χ1n) is 4.66. The van der Waals surface area contributed by atoms with Gasteiger partial charge in [0.05, 0.1) is 15.8 Å². The van der Waals surface area contributed by atoms with E-state index in [1.54, 1.807) is 11.3 Å². The molecule has 14 heavy (non-hydrogen) atoms. The first-order chi connectivity index (χ1) is 6.68. The molecule has 1 saturated heterocycles. The molecular formula is C10H12BrClOS. The normalized spacial score (nSPS) is 24.1. The second kappa shape index (κ2) is 4.52. The van der Waals surface area contributed by atoms with E-state index in [0.717, 1.165) is 23.4 Å². The van der Waals surface area contributed by atoms with E-state index in [-0.39, 0.29) is 5.38 Å². The number of thiophene rings is 1. The third-order valence-corrected chi connectivity index (χ3v) is 4.76. The van der Waals surface area contributed by atoms with Gasteiger partial charge in [-0.25, -0.2) is 0 Å². The van der Waals surface area contributed by atoms with Crippen molar-refractivity contribution in [2.75, 3.05) is 13.2 Å². The van der Waals surface area contributed by atoms with Crippen molar-refractivity contribution >= 4 is 38.9 Å². The van der Waals surface area contributed by atoms with E-state index in [1.165, 1.54) is 10.4 Å². The van der Waals surface area contributed by atoms with Crippen molar-refractivity contribution in [3.63, 3.8) is 0 Å². The Morgan fingerprint density at radius 2 is 2.50 bits per heavy atom. The molecular weight excluding hydrogens is 284 g/mol. The lowest BCUT2D eigenvalue weighted by atomic mass is 9.99. The minimum atomic E-state index is 0.111. The molecule has 0 spiro atoms. The van der Waals surface area contributed by atoms with E-state index in [4.69, 9.17) is 16.3 Å². The number of halogens is 2. The Bertz CT molecular complexity index is 320. The Balaban J connectivity index is 2.17. The van der Waals surface area contributed by atoms with Crippen LogP contribution in [0, 0.1) is 12.8 Å². The Labute approximate surface area is 102 Å². The Hall–Kier alpha value is 0.430. The van der Waals surface area contributed by atoms with Crippen LogP contribution in [0.3, 0.4) is 0 Å². The molecule has 2 atom stereocenters. The zero-order valence-corrected chi connectivity index (χ0v) is 11.1. The van der Waals surface area contributed by atoms with Crippen molar-refractivity contribution in [2.24, 2.45) is 5.92 Å². The maximum atomic E-state index is 6.44. The summed E-state index contributed by atoms with van der Waals surface area (Å²) in [7, 11) is 0. The van der Waals surface area contributed by atoms with E-state index in [1.807, 2.05) is 0 Å². The number of rotatable bonds is 2. The topological polar surface area (TPSA) is 9.23 Å². The summed E-state index contributed by atoms with van der Waals surface area (Å²) in [6.07, 6.45) is 1.08. The maximum Gasteiger partial charge on any atom is 0.0704 e. The molecule has 2 heterocycles. The summed E-state index contributed by atoms with van der Waals surface area (Å²) >= 11 is 11.7. The van der Waals surface area contributed by atoms with Crippen LogP contribution in [0.1, 0.15) is 22.2 Å². The van der Waals surface area contributed by atoms with Crippen molar-refractivity contribution in [1.82, 2.24) is 0 Å². The van der Waals surface area contributed by atoms with Gasteiger partial charge in [-0.1, -0.05) is 0 Å². The number of alkyl halides is 1. The molecule has 1 aliphatic heterocycles. The van der Waals surface area contributed by atoms with E-state index in [9.17, 15) is 0 Å². The van der Waals surface area contributed by atoms with Crippen LogP contribution in [0.4, 0.5) is 0 Å². The average molecular weight is 296 g/mol. The second-order valence-electron chi connectivity index (χ2n) is 3.59. The molecule has 1 nitrogen and oxygen atoms in total. The van der Waals surface area contributed by atoms with Crippen LogP contribution in [0.5, 0.6) is 0 Å². The van der Waals surface area contributed by atoms with Crippen molar-refractivity contribution in [3.05, 3.63) is 20.3 Å². The zero-order chi connectivity index (χ0) is 10.1. The Morgan fingerprint density at radius 3 is 3.00 bits per heavy atom. The molecule has 1 fully saturated rings. The highest BCUT2D eigenvalue weighted by Crippen LogP contribution is 2.40. The average Bonchev–Trinajstić information content (AvgIpc) is 2.73. The van der Waals surface area contributed by atoms with Crippen LogP contribution < -0.4 is 0 Å². The molecule has 1 aromatic rings. The fourth-order valence-corrected chi connectivity index (χ4v) is 4.02. The van der Waals surface area contributed by atoms with E-state index < -0.39 is 0 Å². The summed E-state index contributed by atoms with van der Waals surface area (Å²) < 4.78 is 6.52. The molecule has 0 N–H and O–H groups in total. The standard InChI is InChI=1S/C10H12BrClOS/c1-6-8(4-9(11)14-6)10(12)7-2-3-13-5-7/h4,7,10H,2-3,5H2,1H3. The van der Waals surface area contributed by atoms with Gasteiger partial charge < -0.3 is 4.74 Å². The van der Waals surface area contributed by atoms with Crippen LogP contribution in [0.2, 0.25) is 0 Å². The smallest absolute Gasteiger partial charge is 0.0704 e. The molecule has 0 aromatic carbocycles. The lowest BCUT2D eigenvalue weighted by Crippen LogP contribution is -2.07. The van der Waals surface area contributed by atoms with Crippen LogP contribution in [0.15, 0.2) is 9.85 Å². The Morgan fingerprint density at radius 1 is 1.71 bits per heavy atom. The number of ether oxygens (including phenoxy) is 1. The fourth-order valence-electron chi connectivity index (χ4n) is 1.77. The molecule has 2 rings (SSSR count). The first-order valence-corrected chi connectivity index (χ1v) is 6.70. The van der Waals surface area contributed by atoms with Gasteiger partial charge in [-0.15, -0.1) is 22.9 Å². The quantitative estimate of drug-likeness (QED) is 0.745. The zero-order valence-electron chi connectivity index (χ0n) is 7.93. The number of hydrogen-bond donors (Lipinski definition) is 0. The van der Waals surface area contributed by atoms with Crippen molar-refractivity contribution in [3.8, 4) is 0 Å². The van der Waals surface area contributed by atoms with Crippen LogP contribution in [-0.4, -0.2) is 13.2 Å². The molecule has 1 aromatic heterocycles. The molecule has 2 unspecified atom stereocenters. The molecule has 0 aliphatic carbocycles. The van der Waals surface area contributed by atoms with E-state index >= 15 is 0 Å². The third-order valence-electron chi connectivity index (χ3n) is 2.60. The summed E-state index contributed by atoms with van der Waals surface area (Å²) in [4.78, 5) is 1.31. The monoisotopic (exact) mass is 294 g/mol. The minimum Gasteiger partial charge on any atom is -0.381 e. The molecule has 4 heteroatoms. The lowest BCUT2D eigenvalue weighted by Gasteiger charge is -2.14. The summed E-state index contributed by atoms with van der Waals surface area (Å²) in [5.74, 6) is 0.483. The fraction of sp³-hybridized carbons (Fsp3) is 0.600. The van der Waals surface area contributed by atoms with Crippen LogP contribution in [-0.2, 0) is 4.74 Å². The van der Waals surface area contributed by atoms with Crippen molar-refractivity contribution < 1.29 is 4.74 Å². The van der Waals surface area contributed by atoms with Crippen LogP contribution in [0.25, 0.3) is 0 Å². The van der Waals surface area contributed by atoms with Gasteiger partial charge >= 0.3 is 0 Å². The van der Waals surface area contributed by atoms with Gasteiger partial charge in [0.25, 0.3) is 0 Å². The summed E-state index contributed by atoms with van der Waals surface area (Å²) in [6.45, 7) is 3.79. The molecule has 0 amide bonds. The number of aryl methyl sites for hydroxylation is 1. The van der Waals surface area contributed by atoms with Crippen LogP contribution >= 0.6 is 38.9 Å². The highest BCUT2D eigenvalue weighted by molar-refractivity contribution is 9.11. The van der Waals surface area contributed by atoms with Crippen molar-refractivity contribution in [2.45, 2.75) is 18.7 Å². The first kappa shape index (κ1) is 10.9. The van der Waals surface area contributed by atoms with Gasteiger partial charge in [0.1, 0.15) is 0 Å². The predicted octanol–water partition coefficient (Wildman–Crippen LogP) is 4.14. The molecule has 0 saturated carbocycles. The molecule has 0 radical (unpaired) electrons. The molecule has 78 valence electrons. The Kier molecular flexibility index (Phi) is 3.53. The maximum absolute atomic E-state index is 6.44. The molecule has 1 aliphatic rings. The summed E-state index contributed by atoms with van der Waals surface area (Å²) in [6, 6.07) is 2.13. The highest BCUT2D eigenvalue weighted by Gasteiger charge is 2.27. The number of hydrogen-bond acceptors (Lipinski definition) is 2. The van der Waals surface area contributed by atoms with Gasteiger partial charge in [0.15, 0.2) is 0 Å². The highest BCUT2D eigenvalue weighted by atomic mass is 79.9. The largest absolute Gasteiger partial charge is 0.381 e.